The lowest BCUT2D eigenvalue weighted by molar-refractivity contribution is 0.583. The maximum absolute atomic E-state index is 12.3. The zero-order valence-corrected chi connectivity index (χ0v) is 17.5. The average Bonchev–Trinajstić information content (AvgIpc) is 2.65. The van der Waals surface area contributed by atoms with Gasteiger partial charge in [0.05, 0.1) is 4.90 Å². The number of rotatable bonds is 8. The monoisotopic (exact) mass is 432 g/mol. The van der Waals surface area contributed by atoms with E-state index in [1.54, 1.807) is 31.3 Å². The third-order valence-electron chi connectivity index (χ3n) is 3.84. The molecule has 0 aliphatic carbocycles. The summed E-state index contributed by atoms with van der Waals surface area (Å²) in [5.74, 6) is 2.43. The highest BCUT2D eigenvalue weighted by atomic mass is 35.5. The molecule has 152 valence electrons. The van der Waals surface area contributed by atoms with Crippen molar-refractivity contribution in [2.75, 3.05) is 23.7 Å². The Morgan fingerprint density at radius 3 is 2.52 bits per heavy atom. The molecule has 3 N–H and O–H groups in total. The van der Waals surface area contributed by atoms with Gasteiger partial charge in [-0.15, -0.1) is 0 Å². The molecule has 0 aliphatic rings. The second kappa shape index (κ2) is 9.17. The number of aryl methyl sites for hydroxylation is 2. The number of halogens is 1. The van der Waals surface area contributed by atoms with E-state index in [0.29, 0.717) is 34.8 Å². The van der Waals surface area contributed by atoms with E-state index in [9.17, 15) is 8.42 Å². The minimum atomic E-state index is -3.63. The molecule has 8 nitrogen and oxygen atoms in total. The summed E-state index contributed by atoms with van der Waals surface area (Å²) in [5.41, 5.74) is 1.08. The Hall–Kier alpha value is -2.75. The van der Waals surface area contributed by atoms with Crippen LogP contribution in [0.2, 0.25) is 5.02 Å². The van der Waals surface area contributed by atoms with Gasteiger partial charge < -0.3 is 10.6 Å². The second-order valence-electron chi connectivity index (χ2n) is 6.31. The van der Waals surface area contributed by atoms with Crippen LogP contribution in [-0.2, 0) is 10.0 Å². The van der Waals surface area contributed by atoms with E-state index in [1.807, 2.05) is 19.1 Å². The van der Waals surface area contributed by atoms with Gasteiger partial charge in [0.1, 0.15) is 23.3 Å². The van der Waals surface area contributed by atoms with Crippen molar-refractivity contribution in [2.24, 2.45) is 0 Å². The first-order valence-corrected chi connectivity index (χ1v) is 10.7. The van der Waals surface area contributed by atoms with Crippen LogP contribution in [0, 0.1) is 13.8 Å². The van der Waals surface area contributed by atoms with Crippen molar-refractivity contribution in [2.45, 2.75) is 18.7 Å². The number of hydrogen-bond acceptors (Lipinski definition) is 7. The summed E-state index contributed by atoms with van der Waals surface area (Å²) in [6.45, 7) is 4.29. The van der Waals surface area contributed by atoms with E-state index in [0.717, 1.165) is 5.56 Å². The Kier molecular flexibility index (Phi) is 6.63. The molecule has 10 heteroatoms. The van der Waals surface area contributed by atoms with Crippen LogP contribution in [-0.4, -0.2) is 36.5 Å². The molecule has 0 aliphatic heterocycles. The van der Waals surface area contributed by atoms with Gasteiger partial charge in [0.15, 0.2) is 0 Å². The molecule has 0 saturated heterocycles. The molecule has 0 atom stereocenters. The van der Waals surface area contributed by atoms with E-state index in [2.05, 4.69) is 30.3 Å². The summed E-state index contributed by atoms with van der Waals surface area (Å²) in [6, 6.07) is 11.7. The quantitative estimate of drug-likeness (QED) is 0.468. The van der Waals surface area contributed by atoms with E-state index in [1.165, 1.54) is 12.1 Å². The Morgan fingerprint density at radius 1 is 0.966 bits per heavy atom. The van der Waals surface area contributed by atoms with Gasteiger partial charge in [-0.2, -0.15) is 0 Å². The highest BCUT2D eigenvalue weighted by Crippen LogP contribution is 2.17. The molecule has 0 amide bonds. The number of nitrogens with one attached hydrogen (secondary N) is 3. The van der Waals surface area contributed by atoms with Crippen LogP contribution in [0.1, 0.15) is 11.4 Å². The van der Waals surface area contributed by atoms with Gasteiger partial charge in [-0.3, -0.25) is 0 Å². The number of nitrogens with zero attached hydrogens (tertiary/aromatic N) is 3. The number of sulfonamides is 1. The topological polar surface area (TPSA) is 109 Å². The lowest BCUT2D eigenvalue weighted by Gasteiger charge is -2.11. The first-order chi connectivity index (χ1) is 13.8. The summed E-state index contributed by atoms with van der Waals surface area (Å²) in [6.07, 6.45) is 1.72. The van der Waals surface area contributed by atoms with Gasteiger partial charge in [-0.05, 0) is 49.7 Å². The fourth-order valence-electron chi connectivity index (χ4n) is 2.55. The van der Waals surface area contributed by atoms with Gasteiger partial charge in [0.25, 0.3) is 0 Å². The molecule has 1 aromatic carbocycles. The molecule has 2 heterocycles. The molecule has 0 radical (unpaired) electrons. The van der Waals surface area contributed by atoms with E-state index >= 15 is 0 Å². The lowest BCUT2D eigenvalue weighted by Crippen LogP contribution is -2.29. The molecule has 2 aromatic heterocycles. The summed E-state index contributed by atoms with van der Waals surface area (Å²) in [5, 5.41) is 6.60. The number of aromatic nitrogens is 3. The van der Waals surface area contributed by atoms with Crippen molar-refractivity contribution in [1.29, 1.82) is 0 Å². The maximum atomic E-state index is 12.3. The van der Waals surface area contributed by atoms with Crippen LogP contribution in [0.25, 0.3) is 0 Å². The van der Waals surface area contributed by atoms with E-state index < -0.39 is 10.0 Å². The van der Waals surface area contributed by atoms with Gasteiger partial charge in [0.2, 0.25) is 10.0 Å². The smallest absolute Gasteiger partial charge is 0.240 e. The number of benzene rings is 1. The maximum Gasteiger partial charge on any atom is 0.240 e. The molecule has 0 unspecified atom stereocenters. The summed E-state index contributed by atoms with van der Waals surface area (Å²) in [7, 11) is -3.63. The number of pyridine rings is 1. The van der Waals surface area contributed by atoms with Gasteiger partial charge in [-0.1, -0.05) is 17.7 Å². The molecule has 0 saturated carbocycles. The van der Waals surface area contributed by atoms with E-state index in [-0.39, 0.29) is 11.4 Å². The van der Waals surface area contributed by atoms with Crippen LogP contribution in [0.5, 0.6) is 0 Å². The van der Waals surface area contributed by atoms with Gasteiger partial charge >= 0.3 is 0 Å². The molecule has 29 heavy (non-hydrogen) atoms. The molecule has 0 fully saturated rings. The molecule has 0 spiro atoms. The SMILES string of the molecule is Cc1ccnc(Nc2cc(NCCNS(=O)(=O)c3cccc(Cl)c3)nc(C)n2)c1. The third kappa shape index (κ3) is 6.11. The minimum Gasteiger partial charge on any atom is -0.369 e. The van der Waals surface area contributed by atoms with Crippen LogP contribution < -0.4 is 15.4 Å². The minimum absolute atomic E-state index is 0.125. The highest BCUT2D eigenvalue weighted by Gasteiger charge is 2.13. The Labute approximate surface area is 174 Å². The van der Waals surface area contributed by atoms with Gasteiger partial charge in [-0.25, -0.2) is 28.1 Å². The third-order valence-corrected chi connectivity index (χ3v) is 5.53. The fourth-order valence-corrected chi connectivity index (χ4v) is 3.88. The zero-order valence-electron chi connectivity index (χ0n) is 16.0. The Morgan fingerprint density at radius 2 is 1.76 bits per heavy atom. The van der Waals surface area contributed by atoms with Crippen molar-refractivity contribution in [3.63, 3.8) is 0 Å². The highest BCUT2D eigenvalue weighted by molar-refractivity contribution is 7.89. The lowest BCUT2D eigenvalue weighted by atomic mass is 10.3. The molecule has 0 bridgehead atoms. The average molecular weight is 433 g/mol. The van der Waals surface area contributed by atoms with Crippen LogP contribution in [0.15, 0.2) is 53.6 Å². The number of hydrogen-bond donors (Lipinski definition) is 3. The van der Waals surface area contributed by atoms with Crippen molar-refractivity contribution in [1.82, 2.24) is 19.7 Å². The van der Waals surface area contributed by atoms with Crippen molar-refractivity contribution < 1.29 is 8.42 Å². The second-order valence-corrected chi connectivity index (χ2v) is 8.51. The van der Waals surface area contributed by atoms with Crippen molar-refractivity contribution in [3.8, 4) is 0 Å². The normalized spacial score (nSPS) is 11.3. The fraction of sp³-hybridized carbons (Fsp3) is 0.211. The summed E-state index contributed by atoms with van der Waals surface area (Å²) < 4.78 is 27.1. The summed E-state index contributed by atoms with van der Waals surface area (Å²) >= 11 is 5.86. The molecule has 3 rings (SSSR count). The largest absolute Gasteiger partial charge is 0.369 e. The first kappa shape index (κ1) is 21.0. The molecular formula is C19H21ClN6O2S. The van der Waals surface area contributed by atoms with Crippen molar-refractivity contribution in [3.05, 3.63) is 65.1 Å². The summed E-state index contributed by atoms with van der Waals surface area (Å²) in [4.78, 5) is 13.0. The predicted molar refractivity (Wildman–Crippen MR) is 114 cm³/mol. The molecule has 3 aromatic rings. The Balaban J connectivity index is 1.59. The van der Waals surface area contributed by atoms with Crippen molar-refractivity contribution >= 4 is 39.1 Å². The van der Waals surface area contributed by atoms with E-state index in [4.69, 9.17) is 11.6 Å². The standard InChI is InChI=1S/C19H21ClN6O2S/c1-13-6-7-21-17(10-13)26-19-12-18(24-14(2)25-19)22-8-9-23-29(27,28)16-5-3-4-15(20)11-16/h3-7,10-12,23H,8-9H2,1-2H3,(H2,21,22,24,25,26). The Bertz CT molecular complexity index is 1110. The van der Waals surface area contributed by atoms with Crippen LogP contribution >= 0.6 is 11.6 Å². The number of anilines is 3. The van der Waals surface area contributed by atoms with Gasteiger partial charge in [0, 0.05) is 30.4 Å². The predicted octanol–water partition coefficient (Wildman–Crippen LogP) is 3.28. The zero-order chi connectivity index (χ0) is 20.9. The molecular weight excluding hydrogens is 412 g/mol. The van der Waals surface area contributed by atoms with Crippen LogP contribution in [0.3, 0.4) is 0 Å². The first-order valence-electron chi connectivity index (χ1n) is 8.86. The van der Waals surface area contributed by atoms with Crippen LogP contribution in [0.4, 0.5) is 17.5 Å².